The molecule has 4 rings (SSSR count). The number of carbonyl (C=O) groups excluding carboxylic acids is 1. The number of nitrogens with zero attached hydrogens (tertiary/aromatic N) is 2. The number of benzene rings is 2. The quantitative estimate of drug-likeness (QED) is 0.291. The molecular weight excluding hydrogens is 408 g/mol. The third kappa shape index (κ3) is 5.20. The predicted octanol–water partition coefficient (Wildman–Crippen LogP) is 5.35. The average Bonchev–Trinajstić information content (AvgIpc) is 3.21. The summed E-state index contributed by atoms with van der Waals surface area (Å²) in [6, 6.07) is 19.4. The Balaban J connectivity index is 1.53. The number of rotatable bonds is 8. The molecule has 0 atom stereocenters. The van der Waals surface area contributed by atoms with E-state index in [-0.39, 0.29) is 5.91 Å². The molecule has 0 saturated heterocycles. The Labute approximate surface area is 184 Å². The Morgan fingerprint density at radius 2 is 2.00 bits per heavy atom. The van der Waals surface area contributed by atoms with Crippen LogP contribution in [0.25, 0.3) is 23.1 Å². The molecule has 0 aliphatic heterocycles. The number of hydrogen-bond acceptors (Lipinski definition) is 5. The summed E-state index contributed by atoms with van der Waals surface area (Å²) in [5.41, 5.74) is 5.74. The second-order valence-electron chi connectivity index (χ2n) is 6.78. The van der Waals surface area contributed by atoms with Crippen LogP contribution in [0.5, 0.6) is 0 Å². The number of carbonyl (C=O) groups is 1. The topological polar surface area (TPSA) is 79.9 Å². The van der Waals surface area contributed by atoms with Crippen LogP contribution in [0.15, 0.2) is 76.7 Å². The zero-order valence-electron chi connectivity index (χ0n) is 17.0. The monoisotopic (exact) mass is 430 g/mol. The molecule has 0 unspecified atom stereocenters. The standard InChI is InChI=1S/C24H22N4O2S/c1-2-15-30-28-24(29)20-8-3-4-9-23(20)31-18-11-12-19-21(26-27-22(19)16-18)13-10-17-7-5-6-14-25-17/h3-14,16H,2,15H2,1H3,(H,26,27)(H,28,29)/b13-10+. The van der Waals surface area contributed by atoms with Gasteiger partial charge in [0.15, 0.2) is 0 Å². The Morgan fingerprint density at radius 3 is 2.84 bits per heavy atom. The summed E-state index contributed by atoms with van der Waals surface area (Å²) in [6.07, 6.45) is 6.48. The third-order valence-electron chi connectivity index (χ3n) is 4.49. The van der Waals surface area contributed by atoms with E-state index in [4.69, 9.17) is 4.84 Å². The fraction of sp³-hybridized carbons (Fsp3) is 0.125. The van der Waals surface area contributed by atoms with E-state index in [1.165, 1.54) is 11.8 Å². The van der Waals surface area contributed by atoms with Gasteiger partial charge in [0.2, 0.25) is 0 Å². The van der Waals surface area contributed by atoms with E-state index in [9.17, 15) is 4.79 Å². The number of H-pyrrole nitrogens is 1. The second-order valence-corrected chi connectivity index (χ2v) is 7.90. The van der Waals surface area contributed by atoms with Gasteiger partial charge in [-0.2, -0.15) is 5.10 Å². The number of aromatic amines is 1. The molecule has 0 aliphatic rings. The van der Waals surface area contributed by atoms with Gasteiger partial charge in [0.1, 0.15) is 0 Å². The van der Waals surface area contributed by atoms with Crippen molar-refractivity contribution < 1.29 is 9.63 Å². The van der Waals surface area contributed by atoms with Crippen LogP contribution in [0, 0.1) is 0 Å². The molecule has 0 bridgehead atoms. The molecule has 0 saturated carbocycles. The first-order valence-electron chi connectivity index (χ1n) is 10.0. The van der Waals surface area contributed by atoms with Crippen molar-refractivity contribution >= 4 is 40.7 Å². The van der Waals surface area contributed by atoms with Gasteiger partial charge < -0.3 is 0 Å². The Morgan fingerprint density at radius 1 is 1.13 bits per heavy atom. The molecule has 0 fully saturated rings. The first kappa shape index (κ1) is 20.8. The molecule has 4 aromatic rings. The van der Waals surface area contributed by atoms with Crippen LogP contribution in [-0.2, 0) is 4.84 Å². The molecule has 2 heterocycles. The molecule has 1 amide bonds. The molecular formula is C24H22N4O2S. The van der Waals surface area contributed by atoms with Crippen LogP contribution in [0.3, 0.4) is 0 Å². The van der Waals surface area contributed by atoms with Crippen molar-refractivity contribution in [1.82, 2.24) is 20.7 Å². The van der Waals surface area contributed by atoms with Crippen molar-refractivity contribution in [2.45, 2.75) is 23.1 Å². The number of nitrogens with one attached hydrogen (secondary N) is 2. The number of fused-ring (bicyclic) bond motifs is 1. The molecule has 0 aliphatic carbocycles. The highest BCUT2D eigenvalue weighted by Gasteiger charge is 2.13. The van der Waals surface area contributed by atoms with Gasteiger partial charge in [-0.15, -0.1) is 0 Å². The van der Waals surface area contributed by atoms with Crippen LogP contribution < -0.4 is 5.48 Å². The highest BCUT2D eigenvalue weighted by atomic mass is 32.2. The minimum absolute atomic E-state index is 0.249. The summed E-state index contributed by atoms with van der Waals surface area (Å²) in [5, 5.41) is 8.53. The van der Waals surface area contributed by atoms with Gasteiger partial charge in [-0.1, -0.05) is 36.9 Å². The summed E-state index contributed by atoms with van der Waals surface area (Å²) >= 11 is 1.52. The SMILES string of the molecule is CCCONC(=O)c1ccccc1Sc1ccc2c(/C=C/c3ccccn3)n[nH]c2c1. The Hall–Kier alpha value is -3.42. The number of pyridine rings is 1. The maximum atomic E-state index is 12.5. The summed E-state index contributed by atoms with van der Waals surface area (Å²) in [4.78, 5) is 23.8. The van der Waals surface area contributed by atoms with Crippen molar-refractivity contribution in [3.63, 3.8) is 0 Å². The van der Waals surface area contributed by atoms with Crippen molar-refractivity contribution in [2.75, 3.05) is 6.61 Å². The fourth-order valence-electron chi connectivity index (χ4n) is 2.99. The lowest BCUT2D eigenvalue weighted by Crippen LogP contribution is -2.24. The van der Waals surface area contributed by atoms with E-state index in [1.807, 2.05) is 73.7 Å². The third-order valence-corrected chi connectivity index (χ3v) is 5.56. The lowest BCUT2D eigenvalue weighted by atomic mass is 10.2. The lowest BCUT2D eigenvalue weighted by molar-refractivity contribution is 0.0312. The zero-order chi connectivity index (χ0) is 21.5. The molecule has 2 aromatic carbocycles. The van der Waals surface area contributed by atoms with Gasteiger partial charge in [-0.25, -0.2) is 5.48 Å². The summed E-state index contributed by atoms with van der Waals surface area (Å²) in [6.45, 7) is 2.47. The van der Waals surface area contributed by atoms with Crippen LogP contribution in [-0.4, -0.2) is 27.7 Å². The average molecular weight is 431 g/mol. The molecule has 2 aromatic heterocycles. The van der Waals surface area contributed by atoms with Crippen molar-refractivity contribution in [2.24, 2.45) is 0 Å². The first-order chi connectivity index (χ1) is 15.2. The second kappa shape index (κ2) is 10.1. The van der Waals surface area contributed by atoms with Gasteiger partial charge in [-0.05, 0) is 61.0 Å². The van der Waals surface area contributed by atoms with Crippen molar-refractivity contribution in [1.29, 1.82) is 0 Å². The van der Waals surface area contributed by atoms with E-state index in [0.717, 1.165) is 38.5 Å². The Bertz CT molecular complexity index is 1200. The first-order valence-corrected chi connectivity index (χ1v) is 10.8. The number of amides is 1. The van der Waals surface area contributed by atoms with E-state index in [2.05, 4.69) is 20.7 Å². The molecule has 0 spiro atoms. The number of hydrogen-bond donors (Lipinski definition) is 2. The van der Waals surface area contributed by atoms with Crippen LogP contribution in [0.1, 0.15) is 35.1 Å². The van der Waals surface area contributed by atoms with Crippen LogP contribution in [0.2, 0.25) is 0 Å². The van der Waals surface area contributed by atoms with E-state index >= 15 is 0 Å². The minimum atomic E-state index is -0.249. The fourth-order valence-corrected chi connectivity index (χ4v) is 3.98. The summed E-state index contributed by atoms with van der Waals surface area (Å²) in [5.74, 6) is -0.249. The van der Waals surface area contributed by atoms with E-state index in [1.54, 1.807) is 12.3 Å². The van der Waals surface area contributed by atoms with Crippen molar-refractivity contribution in [3.05, 3.63) is 83.8 Å². The van der Waals surface area contributed by atoms with Crippen molar-refractivity contribution in [3.8, 4) is 0 Å². The van der Waals surface area contributed by atoms with Gasteiger partial charge in [0, 0.05) is 21.4 Å². The minimum Gasteiger partial charge on any atom is -0.277 e. The van der Waals surface area contributed by atoms with Gasteiger partial charge in [-0.3, -0.25) is 19.7 Å². The van der Waals surface area contributed by atoms with Gasteiger partial charge in [0.25, 0.3) is 5.91 Å². The largest absolute Gasteiger partial charge is 0.277 e. The molecule has 6 nitrogen and oxygen atoms in total. The normalized spacial score (nSPS) is 11.3. The zero-order valence-corrected chi connectivity index (χ0v) is 17.9. The van der Waals surface area contributed by atoms with E-state index < -0.39 is 0 Å². The smallest absolute Gasteiger partial charge is 0.275 e. The van der Waals surface area contributed by atoms with Gasteiger partial charge in [0.05, 0.1) is 29.1 Å². The number of hydroxylamine groups is 1. The molecule has 31 heavy (non-hydrogen) atoms. The van der Waals surface area contributed by atoms with Crippen LogP contribution in [0.4, 0.5) is 0 Å². The lowest BCUT2D eigenvalue weighted by Gasteiger charge is -2.09. The highest BCUT2D eigenvalue weighted by Crippen LogP contribution is 2.32. The predicted molar refractivity (Wildman–Crippen MR) is 124 cm³/mol. The summed E-state index contributed by atoms with van der Waals surface area (Å²) in [7, 11) is 0. The Kier molecular flexibility index (Phi) is 6.76. The van der Waals surface area contributed by atoms with Crippen LogP contribution >= 0.6 is 11.8 Å². The highest BCUT2D eigenvalue weighted by molar-refractivity contribution is 7.99. The number of aromatic nitrogens is 3. The molecule has 0 radical (unpaired) electrons. The maximum absolute atomic E-state index is 12.5. The molecule has 2 N–H and O–H groups in total. The summed E-state index contributed by atoms with van der Waals surface area (Å²) < 4.78 is 0. The molecule has 7 heteroatoms. The maximum Gasteiger partial charge on any atom is 0.275 e. The van der Waals surface area contributed by atoms with Gasteiger partial charge >= 0.3 is 0 Å². The molecule has 156 valence electrons. The van der Waals surface area contributed by atoms with E-state index in [0.29, 0.717) is 12.2 Å².